The molecular weight excluding hydrogens is 350 g/mol. The first-order chi connectivity index (χ1) is 13.7. The van der Waals surface area contributed by atoms with E-state index in [1.165, 1.54) is 5.56 Å². The highest BCUT2D eigenvalue weighted by Gasteiger charge is 2.28. The number of aryl methyl sites for hydroxylation is 1. The average Bonchev–Trinajstić information content (AvgIpc) is 3.17. The molecule has 0 aliphatic carbocycles. The number of carbonyl (C=O) groups is 1. The molecule has 28 heavy (non-hydrogen) atoms. The van der Waals surface area contributed by atoms with Crippen LogP contribution in [0.5, 0.6) is 0 Å². The number of hydrogen-bond donors (Lipinski definition) is 0. The van der Waals surface area contributed by atoms with Gasteiger partial charge < -0.3 is 4.90 Å². The van der Waals surface area contributed by atoms with Crippen molar-refractivity contribution in [3.05, 3.63) is 77.6 Å². The molecule has 0 spiro atoms. The van der Waals surface area contributed by atoms with E-state index in [1.54, 1.807) is 24.5 Å². The van der Waals surface area contributed by atoms with E-state index < -0.39 is 0 Å². The van der Waals surface area contributed by atoms with Crippen LogP contribution in [0.4, 0.5) is 0 Å². The maximum atomic E-state index is 12.7. The molecule has 0 atom stereocenters. The molecule has 0 bridgehead atoms. The van der Waals surface area contributed by atoms with Crippen molar-refractivity contribution in [2.24, 2.45) is 0 Å². The molecule has 0 unspecified atom stereocenters. The van der Waals surface area contributed by atoms with Crippen molar-refractivity contribution in [2.45, 2.75) is 38.6 Å². The average molecular weight is 375 g/mol. The molecule has 4 rings (SSSR count). The van der Waals surface area contributed by atoms with Gasteiger partial charge in [-0.2, -0.15) is 5.10 Å². The molecule has 6 heteroatoms. The Morgan fingerprint density at radius 3 is 2.46 bits per heavy atom. The Morgan fingerprint density at radius 2 is 1.79 bits per heavy atom. The lowest BCUT2D eigenvalue weighted by Gasteiger charge is -2.31. The van der Waals surface area contributed by atoms with Gasteiger partial charge in [-0.1, -0.05) is 37.3 Å². The molecule has 0 radical (unpaired) electrons. The van der Waals surface area contributed by atoms with Gasteiger partial charge in [0, 0.05) is 43.4 Å². The monoisotopic (exact) mass is 375 g/mol. The van der Waals surface area contributed by atoms with E-state index in [4.69, 9.17) is 10.1 Å². The SMILES string of the molecule is CCc1nc(C2CCN(C(=O)c3ccncc3)CC2)n(Cc2ccccc2)n1. The van der Waals surface area contributed by atoms with Gasteiger partial charge in [-0.05, 0) is 30.5 Å². The van der Waals surface area contributed by atoms with Gasteiger partial charge in [-0.15, -0.1) is 0 Å². The second kappa shape index (κ2) is 8.33. The lowest BCUT2D eigenvalue weighted by Crippen LogP contribution is -2.38. The van der Waals surface area contributed by atoms with E-state index in [0.29, 0.717) is 11.5 Å². The van der Waals surface area contributed by atoms with E-state index in [9.17, 15) is 4.79 Å². The molecule has 144 valence electrons. The highest BCUT2D eigenvalue weighted by Crippen LogP contribution is 2.28. The number of hydrogen-bond acceptors (Lipinski definition) is 4. The summed E-state index contributed by atoms with van der Waals surface area (Å²) < 4.78 is 2.05. The first-order valence-electron chi connectivity index (χ1n) is 9.91. The molecule has 0 saturated carbocycles. The minimum Gasteiger partial charge on any atom is -0.339 e. The van der Waals surface area contributed by atoms with Crippen LogP contribution in [0.3, 0.4) is 0 Å². The van der Waals surface area contributed by atoms with Gasteiger partial charge in [-0.3, -0.25) is 9.78 Å². The van der Waals surface area contributed by atoms with E-state index in [1.807, 2.05) is 11.0 Å². The van der Waals surface area contributed by atoms with Gasteiger partial charge in [0.1, 0.15) is 5.82 Å². The second-order valence-corrected chi connectivity index (χ2v) is 7.19. The molecule has 1 amide bonds. The largest absolute Gasteiger partial charge is 0.339 e. The lowest BCUT2D eigenvalue weighted by molar-refractivity contribution is 0.0710. The molecule has 3 aromatic rings. The Labute approximate surface area is 165 Å². The van der Waals surface area contributed by atoms with Gasteiger partial charge >= 0.3 is 0 Å². The van der Waals surface area contributed by atoms with Crippen LogP contribution in [-0.4, -0.2) is 43.6 Å². The van der Waals surface area contributed by atoms with Crippen molar-refractivity contribution >= 4 is 5.91 Å². The summed E-state index contributed by atoms with van der Waals surface area (Å²) in [4.78, 5) is 23.4. The van der Waals surface area contributed by atoms with Gasteiger partial charge in [0.05, 0.1) is 6.54 Å². The molecule has 2 aromatic heterocycles. The third-order valence-electron chi connectivity index (χ3n) is 5.31. The molecule has 3 heterocycles. The van der Waals surface area contributed by atoms with Gasteiger partial charge in [0.25, 0.3) is 5.91 Å². The summed E-state index contributed by atoms with van der Waals surface area (Å²) >= 11 is 0. The summed E-state index contributed by atoms with van der Waals surface area (Å²) in [6.07, 6.45) is 5.98. The topological polar surface area (TPSA) is 63.9 Å². The molecule has 1 aliphatic rings. The van der Waals surface area contributed by atoms with Crippen LogP contribution < -0.4 is 0 Å². The quantitative estimate of drug-likeness (QED) is 0.686. The zero-order valence-corrected chi connectivity index (χ0v) is 16.2. The van der Waals surface area contributed by atoms with Crippen LogP contribution in [0, 0.1) is 0 Å². The van der Waals surface area contributed by atoms with E-state index in [0.717, 1.165) is 50.5 Å². The summed E-state index contributed by atoms with van der Waals surface area (Å²) in [5, 5.41) is 4.72. The van der Waals surface area contributed by atoms with Crippen LogP contribution in [0.1, 0.15) is 53.3 Å². The number of likely N-dealkylation sites (tertiary alicyclic amines) is 1. The van der Waals surface area contributed by atoms with E-state index in [2.05, 4.69) is 40.9 Å². The zero-order valence-electron chi connectivity index (χ0n) is 16.2. The number of nitrogens with zero attached hydrogens (tertiary/aromatic N) is 5. The number of rotatable bonds is 5. The number of benzene rings is 1. The Morgan fingerprint density at radius 1 is 1.07 bits per heavy atom. The fraction of sp³-hybridized carbons (Fsp3) is 0.364. The van der Waals surface area contributed by atoms with E-state index >= 15 is 0 Å². The molecular formula is C22H25N5O. The summed E-state index contributed by atoms with van der Waals surface area (Å²) in [6.45, 7) is 4.30. The predicted octanol–water partition coefficient (Wildman–Crippen LogP) is 3.30. The molecule has 1 aromatic carbocycles. The summed E-state index contributed by atoms with van der Waals surface area (Å²) in [6, 6.07) is 13.9. The molecule has 1 aliphatic heterocycles. The van der Waals surface area contributed by atoms with Gasteiger partial charge in [0.15, 0.2) is 5.82 Å². The van der Waals surface area contributed by atoms with E-state index in [-0.39, 0.29) is 5.91 Å². The molecule has 1 fully saturated rings. The minimum atomic E-state index is 0.0841. The third kappa shape index (κ3) is 3.96. The van der Waals surface area contributed by atoms with Crippen LogP contribution in [0.25, 0.3) is 0 Å². The summed E-state index contributed by atoms with van der Waals surface area (Å²) in [5.74, 6) is 2.36. The number of aromatic nitrogens is 4. The zero-order chi connectivity index (χ0) is 19.3. The van der Waals surface area contributed by atoms with Crippen molar-refractivity contribution in [1.29, 1.82) is 0 Å². The van der Waals surface area contributed by atoms with Gasteiger partial charge in [0.2, 0.25) is 0 Å². The third-order valence-corrected chi connectivity index (χ3v) is 5.31. The number of piperidine rings is 1. The molecule has 6 nitrogen and oxygen atoms in total. The summed E-state index contributed by atoms with van der Waals surface area (Å²) in [5.41, 5.74) is 1.93. The number of carbonyl (C=O) groups excluding carboxylic acids is 1. The van der Waals surface area contributed by atoms with Crippen LogP contribution >= 0.6 is 0 Å². The Bertz CT molecular complexity index is 915. The van der Waals surface area contributed by atoms with Crippen molar-refractivity contribution < 1.29 is 4.79 Å². The van der Waals surface area contributed by atoms with Crippen molar-refractivity contribution in [2.75, 3.05) is 13.1 Å². The standard InChI is InChI=1S/C22H25N5O/c1-2-20-24-21(27(25-20)16-17-6-4-3-5-7-17)18-10-14-26(15-11-18)22(28)19-8-12-23-13-9-19/h3-9,12-13,18H,2,10-11,14-16H2,1H3. The highest BCUT2D eigenvalue weighted by atomic mass is 16.2. The maximum Gasteiger partial charge on any atom is 0.253 e. The van der Waals surface area contributed by atoms with Crippen LogP contribution in [-0.2, 0) is 13.0 Å². The molecule has 0 N–H and O–H groups in total. The van der Waals surface area contributed by atoms with Crippen molar-refractivity contribution in [1.82, 2.24) is 24.6 Å². The van der Waals surface area contributed by atoms with Crippen LogP contribution in [0.15, 0.2) is 54.9 Å². The van der Waals surface area contributed by atoms with Crippen molar-refractivity contribution in [3.8, 4) is 0 Å². The highest BCUT2D eigenvalue weighted by molar-refractivity contribution is 5.94. The Kier molecular flexibility index (Phi) is 5.46. The minimum absolute atomic E-state index is 0.0841. The fourth-order valence-electron chi connectivity index (χ4n) is 3.75. The second-order valence-electron chi connectivity index (χ2n) is 7.19. The summed E-state index contributed by atoms with van der Waals surface area (Å²) in [7, 11) is 0. The fourth-order valence-corrected chi connectivity index (χ4v) is 3.75. The predicted molar refractivity (Wildman–Crippen MR) is 107 cm³/mol. The smallest absolute Gasteiger partial charge is 0.253 e. The first kappa shape index (κ1) is 18.3. The van der Waals surface area contributed by atoms with Crippen LogP contribution in [0.2, 0.25) is 0 Å². The maximum absolute atomic E-state index is 12.7. The normalized spacial score (nSPS) is 15.0. The Balaban J connectivity index is 1.47. The van der Waals surface area contributed by atoms with Crippen molar-refractivity contribution in [3.63, 3.8) is 0 Å². The lowest BCUT2D eigenvalue weighted by atomic mass is 9.95. The van der Waals surface area contributed by atoms with Gasteiger partial charge in [-0.25, -0.2) is 9.67 Å². The first-order valence-corrected chi connectivity index (χ1v) is 9.91. The Hall–Kier alpha value is -3.02. The number of pyridine rings is 1. The molecule has 1 saturated heterocycles. The number of amides is 1.